The van der Waals surface area contributed by atoms with E-state index in [2.05, 4.69) is 156 Å². The molecule has 2 heterocycles. The molecule has 11 aromatic rings. The number of aromatic nitrogens is 3. The van der Waals surface area contributed by atoms with Gasteiger partial charge in [-0.1, -0.05) is 140 Å². The average Bonchev–Trinajstić information content (AvgIpc) is 3.49. The summed E-state index contributed by atoms with van der Waals surface area (Å²) in [4.78, 5) is 11.0. The molecule has 0 amide bonds. The summed E-state index contributed by atoms with van der Waals surface area (Å²) in [5, 5.41) is 15.9. The lowest BCUT2D eigenvalue weighted by atomic mass is 9.91. The lowest BCUT2D eigenvalue weighted by Crippen LogP contribution is -2.04. The van der Waals surface area contributed by atoms with Crippen molar-refractivity contribution in [1.82, 2.24) is 14.5 Å². The molecule has 0 aliphatic carbocycles. The van der Waals surface area contributed by atoms with Gasteiger partial charge in [0.1, 0.15) is 0 Å². The highest BCUT2D eigenvalue weighted by atomic mass is 15.2. The summed E-state index contributed by atoms with van der Waals surface area (Å²) in [6.45, 7) is 0. The standard InChI is InChI=1S/C44H25N3/c1-2-13-27(14-3-1)42-41-31-18-8-6-16-29(31)30-17-7-9-19-34(30)43(41)46-44(45-42)47-36-22-10-20-32-33-25-24-26-12-4-5-15-28(26)38(33)35-21-11-23-37(47)40(35)39(32)36/h1-25H. The van der Waals surface area contributed by atoms with Gasteiger partial charge >= 0.3 is 0 Å². The highest BCUT2D eigenvalue weighted by Gasteiger charge is 2.23. The summed E-state index contributed by atoms with van der Waals surface area (Å²) in [5.74, 6) is 0.682. The predicted octanol–water partition coefficient (Wildman–Crippen LogP) is 11.6. The van der Waals surface area contributed by atoms with E-state index in [1.165, 1.54) is 59.2 Å². The van der Waals surface area contributed by atoms with Gasteiger partial charge in [0.25, 0.3) is 0 Å². The fraction of sp³-hybridized carbons (Fsp3) is 0. The Morgan fingerprint density at radius 3 is 1.68 bits per heavy atom. The number of rotatable bonds is 2. The van der Waals surface area contributed by atoms with E-state index in [9.17, 15) is 0 Å². The van der Waals surface area contributed by atoms with Crippen molar-refractivity contribution < 1.29 is 0 Å². The van der Waals surface area contributed by atoms with E-state index in [-0.39, 0.29) is 0 Å². The minimum Gasteiger partial charge on any atom is -0.278 e. The Morgan fingerprint density at radius 1 is 0.340 bits per heavy atom. The topological polar surface area (TPSA) is 30.7 Å². The summed E-state index contributed by atoms with van der Waals surface area (Å²) in [7, 11) is 0. The third-order valence-corrected chi connectivity index (χ3v) is 10.1. The van der Waals surface area contributed by atoms with Gasteiger partial charge in [-0.3, -0.25) is 4.57 Å². The molecule has 11 rings (SSSR count). The van der Waals surface area contributed by atoms with Crippen LogP contribution >= 0.6 is 0 Å². The SMILES string of the molecule is c1ccc(-c2nc(-n3c4cccc5c6ccc7ccccc7c6c6cccc3c6c54)nc3c4ccccc4c4ccccc4c23)cc1. The number of hydrogen-bond acceptors (Lipinski definition) is 2. The Balaban J connectivity index is 1.36. The van der Waals surface area contributed by atoms with Crippen LogP contribution in [0, 0.1) is 0 Å². The second-order valence-corrected chi connectivity index (χ2v) is 12.5. The van der Waals surface area contributed by atoms with E-state index in [4.69, 9.17) is 9.97 Å². The first-order valence-electron chi connectivity index (χ1n) is 16.1. The molecule has 0 unspecified atom stereocenters. The third kappa shape index (κ3) is 3.25. The van der Waals surface area contributed by atoms with E-state index in [0.29, 0.717) is 5.95 Å². The molecule has 3 heteroatoms. The molecule has 0 spiro atoms. The molecule has 2 aromatic heterocycles. The summed E-state index contributed by atoms with van der Waals surface area (Å²) in [6.07, 6.45) is 0. The zero-order valence-electron chi connectivity index (χ0n) is 25.3. The normalized spacial score (nSPS) is 12.3. The number of nitrogens with zero attached hydrogens (tertiary/aromatic N) is 3. The Bertz CT molecular complexity index is 3060. The molecule has 0 saturated heterocycles. The monoisotopic (exact) mass is 595 g/mol. The summed E-state index contributed by atoms with van der Waals surface area (Å²) in [6, 6.07) is 54.5. The molecule has 9 aromatic carbocycles. The van der Waals surface area contributed by atoms with E-state index in [1.54, 1.807) is 0 Å². The van der Waals surface area contributed by atoms with Gasteiger partial charge in [-0.05, 0) is 60.6 Å². The van der Waals surface area contributed by atoms with E-state index in [0.717, 1.165) is 38.6 Å². The molecule has 216 valence electrons. The first-order chi connectivity index (χ1) is 23.3. The van der Waals surface area contributed by atoms with E-state index in [1.807, 2.05) is 0 Å². The van der Waals surface area contributed by atoms with Crippen LogP contribution in [0.4, 0.5) is 0 Å². The fourth-order valence-corrected chi connectivity index (χ4v) is 8.21. The largest absolute Gasteiger partial charge is 0.278 e. The highest BCUT2D eigenvalue weighted by molar-refractivity contribution is 6.38. The minimum atomic E-state index is 0.682. The van der Waals surface area contributed by atoms with Crippen molar-refractivity contribution >= 4 is 86.6 Å². The van der Waals surface area contributed by atoms with Crippen LogP contribution in [0.25, 0.3) is 104 Å². The predicted molar refractivity (Wildman–Crippen MR) is 198 cm³/mol. The van der Waals surface area contributed by atoms with Crippen LogP contribution in [0.1, 0.15) is 0 Å². The van der Waals surface area contributed by atoms with Crippen molar-refractivity contribution in [3.05, 3.63) is 152 Å². The summed E-state index contributed by atoms with van der Waals surface area (Å²) in [5.41, 5.74) is 5.22. The van der Waals surface area contributed by atoms with Gasteiger partial charge in [-0.15, -0.1) is 0 Å². The second-order valence-electron chi connectivity index (χ2n) is 12.5. The Hall–Kier alpha value is -6.32. The van der Waals surface area contributed by atoms with Crippen molar-refractivity contribution in [2.75, 3.05) is 0 Å². The van der Waals surface area contributed by atoms with Crippen molar-refractivity contribution in [3.8, 4) is 17.2 Å². The lowest BCUT2D eigenvalue weighted by Gasteiger charge is -2.16. The van der Waals surface area contributed by atoms with Crippen molar-refractivity contribution in [1.29, 1.82) is 0 Å². The molecule has 0 saturated carbocycles. The fourth-order valence-electron chi connectivity index (χ4n) is 8.21. The first-order valence-corrected chi connectivity index (χ1v) is 16.1. The van der Waals surface area contributed by atoms with Crippen LogP contribution in [0.5, 0.6) is 0 Å². The van der Waals surface area contributed by atoms with Gasteiger partial charge in [0.15, 0.2) is 0 Å². The third-order valence-electron chi connectivity index (χ3n) is 10.1. The number of fused-ring (bicyclic) bond motifs is 11. The van der Waals surface area contributed by atoms with Gasteiger partial charge in [0.2, 0.25) is 5.95 Å². The molecule has 0 fully saturated rings. The smallest absolute Gasteiger partial charge is 0.235 e. The van der Waals surface area contributed by atoms with Crippen LogP contribution in [0.15, 0.2) is 152 Å². The highest BCUT2D eigenvalue weighted by Crippen LogP contribution is 2.46. The maximum Gasteiger partial charge on any atom is 0.235 e. The molecule has 0 atom stereocenters. The molecule has 0 aliphatic rings. The molecule has 0 N–H and O–H groups in total. The summed E-state index contributed by atoms with van der Waals surface area (Å²) < 4.78 is 2.29. The first kappa shape index (κ1) is 24.9. The van der Waals surface area contributed by atoms with Crippen LogP contribution in [-0.4, -0.2) is 14.5 Å². The van der Waals surface area contributed by atoms with Gasteiger partial charge in [-0.2, -0.15) is 0 Å². The van der Waals surface area contributed by atoms with Gasteiger partial charge < -0.3 is 0 Å². The summed E-state index contributed by atoms with van der Waals surface area (Å²) >= 11 is 0. The average molecular weight is 596 g/mol. The quantitative estimate of drug-likeness (QED) is 0.186. The van der Waals surface area contributed by atoms with Crippen LogP contribution in [-0.2, 0) is 0 Å². The van der Waals surface area contributed by atoms with Gasteiger partial charge in [0, 0.05) is 27.1 Å². The molecule has 47 heavy (non-hydrogen) atoms. The van der Waals surface area contributed by atoms with Crippen LogP contribution < -0.4 is 0 Å². The Morgan fingerprint density at radius 2 is 0.894 bits per heavy atom. The van der Waals surface area contributed by atoms with Crippen molar-refractivity contribution in [3.63, 3.8) is 0 Å². The molecular formula is C44H25N3. The Kier molecular flexibility index (Phi) is 4.84. The van der Waals surface area contributed by atoms with Gasteiger partial charge in [0.05, 0.1) is 22.2 Å². The van der Waals surface area contributed by atoms with Crippen molar-refractivity contribution in [2.24, 2.45) is 0 Å². The minimum absolute atomic E-state index is 0.682. The van der Waals surface area contributed by atoms with E-state index < -0.39 is 0 Å². The van der Waals surface area contributed by atoms with Crippen molar-refractivity contribution in [2.45, 2.75) is 0 Å². The van der Waals surface area contributed by atoms with Crippen LogP contribution in [0.2, 0.25) is 0 Å². The zero-order chi connectivity index (χ0) is 30.6. The second kappa shape index (κ2) is 9.12. The molecular weight excluding hydrogens is 571 g/mol. The molecule has 0 radical (unpaired) electrons. The molecule has 0 aliphatic heterocycles. The van der Waals surface area contributed by atoms with E-state index >= 15 is 0 Å². The maximum absolute atomic E-state index is 5.51. The lowest BCUT2D eigenvalue weighted by molar-refractivity contribution is 1.02. The Labute approximate surface area is 269 Å². The maximum atomic E-state index is 5.51. The zero-order valence-corrected chi connectivity index (χ0v) is 25.3. The number of hydrogen-bond donors (Lipinski definition) is 0. The molecule has 3 nitrogen and oxygen atoms in total. The number of benzene rings is 9. The molecule has 0 bridgehead atoms. The van der Waals surface area contributed by atoms with Gasteiger partial charge in [-0.25, -0.2) is 9.97 Å². The van der Waals surface area contributed by atoms with Crippen LogP contribution in [0.3, 0.4) is 0 Å².